The Morgan fingerprint density at radius 1 is 1.15 bits per heavy atom. The average Bonchev–Trinajstić information content (AvgIpc) is 2.94. The van der Waals surface area contributed by atoms with Crippen LogP contribution < -0.4 is 4.90 Å². The predicted octanol–water partition coefficient (Wildman–Crippen LogP) is 2.63. The quantitative estimate of drug-likeness (QED) is 0.838. The molecule has 1 fully saturated rings. The van der Waals surface area contributed by atoms with Crippen molar-refractivity contribution in [3.05, 3.63) is 35.8 Å². The average molecular weight is 266 g/mol. The molecule has 2 aliphatic rings. The lowest BCUT2D eigenvalue weighted by Gasteiger charge is -2.39. The van der Waals surface area contributed by atoms with Crippen LogP contribution in [0.25, 0.3) is 11.3 Å². The molecule has 1 aliphatic heterocycles. The van der Waals surface area contributed by atoms with Gasteiger partial charge in [0.1, 0.15) is 0 Å². The Kier molecular flexibility index (Phi) is 2.69. The van der Waals surface area contributed by atoms with Gasteiger partial charge < -0.3 is 4.90 Å². The van der Waals surface area contributed by atoms with Gasteiger partial charge in [0.2, 0.25) is 5.95 Å². The number of hydrogen-bond acceptors (Lipinski definition) is 4. The van der Waals surface area contributed by atoms with E-state index in [-0.39, 0.29) is 0 Å². The van der Waals surface area contributed by atoms with Crippen LogP contribution in [0.3, 0.4) is 0 Å². The van der Waals surface area contributed by atoms with Crippen LogP contribution >= 0.6 is 0 Å². The molecular weight excluding hydrogens is 248 g/mol. The molecule has 4 rings (SSSR count). The van der Waals surface area contributed by atoms with Gasteiger partial charge in [0, 0.05) is 41.8 Å². The number of fused-ring (bicyclic) bond motifs is 1. The highest BCUT2D eigenvalue weighted by molar-refractivity contribution is 5.66. The minimum Gasteiger partial charge on any atom is -0.338 e. The van der Waals surface area contributed by atoms with Gasteiger partial charge in [-0.1, -0.05) is 0 Å². The molecule has 2 aromatic rings. The lowest BCUT2D eigenvalue weighted by Crippen LogP contribution is -2.46. The van der Waals surface area contributed by atoms with Gasteiger partial charge >= 0.3 is 0 Å². The van der Waals surface area contributed by atoms with E-state index in [2.05, 4.69) is 16.8 Å². The summed E-state index contributed by atoms with van der Waals surface area (Å²) in [5.74, 6) is 0.913. The van der Waals surface area contributed by atoms with Gasteiger partial charge in [-0.05, 0) is 44.7 Å². The highest BCUT2D eigenvalue weighted by Crippen LogP contribution is 2.33. The maximum atomic E-state index is 4.87. The molecule has 1 aliphatic carbocycles. The highest BCUT2D eigenvalue weighted by atomic mass is 15.3. The largest absolute Gasteiger partial charge is 0.338 e. The minimum absolute atomic E-state index is 0.569. The van der Waals surface area contributed by atoms with E-state index in [1.54, 1.807) is 0 Å². The van der Waals surface area contributed by atoms with Crippen LogP contribution in [-0.2, 0) is 12.8 Å². The monoisotopic (exact) mass is 266 g/mol. The predicted molar refractivity (Wildman–Crippen MR) is 78.7 cm³/mol. The second-order valence-electron chi connectivity index (χ2n) is 5.72. The topological polar surface area (TPSA) is 41.9 Å². The molecular formula is C16H18N4. The van der Waals surface area contributed by atoms with Gasteiger partial charge in [-0.2, -0.15) is 0 Å². The van der Waals surface area contributed by atoms with Crippen molar-refractivity contribution in [1.29, 1.82) is 0 Å². The van der Waals surface area contributed by atoms with Crippen LogP contribution in [0.2, 0.25) is 0 Å². The van der Waals surface area contributed by atoms with E-state index in [0.717, 1.165) is 36.6 Å². The maximum Gasteiger partial charge on any atom is 0.226 e. The van der Waals surface area contributed by atoms with Crippen molar-refractivity contribution < 1.29 is 0 Å². The molecule has 0 radical (unpaired) electrons. The molecule has 0 aromatic carbocycles. The van der Waals surface area contributed by atoms with Crippen molar-refractivity contribution in [2.75, 3.05) is 11.4 Å². The Labute approximate surface area is 118 Å². The van der Waals surface area contributed by atoms with Crippen LogP contribution in [0.5, 0.6) is 0 Å². The number of aryl methyl sites for hydroxylation is 1. The van der Waals surface area contributed by atoms with Gasteiger partial charge in [-0.15, -0.1) is 0 Å². The van der Waals surface area contributed by atoms with Crippen molar-refractivity contribution in [3.8, 4) is 11.3 Å². The molecule has 0 N–H and O–H groups in total. The van der Waals surface area contributed by atoms with Crippen molar-refractivity contribution in [2.24, 2.45) is 0 Å². The molecule has 3 heterocycles. The summed E-state index contributed by atoms with van der Waals surface area (Å²) in [5, 5.41) is 0. The fourth-order valence-corrected chi connectivity index (χ4v) is 3.11. The molecule has 4 heteroatoms. The fourth-order valence-electron chi connectivity index (χ4n) is 3.11. The number of nitrogens with zero attached hydrogens (tertiary/aromatic N) is 4. The summed E-state index contributed by atoms with van der Waals surface area (Å²) in [6, 6.07) is 4.66. The summed E-state index contributed by atoms with van der Waals surface area (Å²) in [5.41, 5.74) is 4.87. The van der Waals surface area contributed by atoms with E-state index in [9.17, 15) is 0 Å². The van der Waals surface area contributed by atoms with Gasteiger partial charge in [0.15, 0.2) is 0 Å². The maximum absolute atomic E-state index is 4.87. The lowest BCUT2D eigenvalue weighted by molar-refractivity contribution is 0.470. The zero-order chi connectivity index (χ0) is 13.5. The number of anilines is 1. The van der Waals surface area contributed by atoms with Crippen molar-refractivity contribution in [3.63, 3.8) is 0 Å². The number of rotatable bonds is 2. The molecule has 20 heavy (non-hydrogen) atoms. The van der Waals surface area contributed by atoms with Gasteiger partial charge in [-0.3, -0.25) is 4.98 Å². The number of pyridine rings is 1. The normalized spacial score (nSPS) is 20.6. The van der Waals surface area contributed by atoms with E-state index in [4.69, 9.17) is 9.97 Å². The molecule has 1 atom stereocenters. The van der Waals surface area contributed by atoms with Crippen molar-refractivity contribution in [2.45, 2.75) is 38.6 Å². The van der Waals surface area contributed by atoms with Crippen molar-refractivity contribution in [1.82, 2.24) is 15.0 Å². The molecule has 0 bridgehead atoms. The minimum atomic E-state index is 0.569. The van der Waals surface area contributed by atoms with Gasteiger partial charge in [-0.25, -0.2) is 9.97 Å². The molecule has 2 aromatic heterocycles. The summed E-state index contributed by atoms with van der Waals surface area (Å²) in [7, 11) is 0. The van der Waals surface area contributed by atoms with Crippen LogP contribution in [0.15, 0.2) is 24.5 Å². The number of aromatic nitrogens is 3. The van der Waals surface area contributed by atoms with Crippen LogP contribution in [0.4, 0.5) is 5.95 Å². The van der Waals surface area contributed by atoms with Gasteiger partial charge in [0.25, 0.3) is 0 Å². The third-order valence-corrected chi connectivity index (χ3v) is 4.45. The Morgan fingerprint density at radius 2 is 2.00 bits per heavy atom. The highest BCUT2D eigenvalue weighted by Gasteiger charge is 2.29. The lowest BCUT2D eigenvalue weighted by atomic mass is 10.0. The third kappa shape index (κ3) is 1.79. The van der Waals surface area contributed by atoms with Crippen LogP contribution in [-0.4, -0.2) is 27.5 Å². The van der Waals surface area contributed by atoms with Crippen LogP contribution in [0, 0.1) is 0 Å². The van der Waals surface area contributed by atoms with E-state index < -0.39 is 0 Å². The summed E-state index contributed by atoms with van der Waals surface area (Å²) in [4.78, 5) is 16.1. The molecule has 1 saturated heterocycles. The zero-order valence-corrected chi connectivity index (χ0v) is 11.7. The summed E-state index contributed by atoms with van der Waals surface area (Å²) < 4.78 is 0. The third-order valence-electron chi connectivity index (χ3n) is 4.45. The first-order valence-corrected chi connectivity index (χ1v) is 7.40. The van der Waals surface area contributed by atoms with Gasteiger partial charge in [0.05, 0.1) is 5.69 Å². The SMILES string of the molecule is C[C@H]1CCN1c1nc2c(c(-c3ccncc3)n1)CCC2. The van der Waals surface area contributed by atoms with Crippen LogP contribution in [0.1, 0.15) is 31.0 Å². The summed E-state index contributed by atoms with van der Waals surface area (Å²) in [6.45, 7) is 3.32. The van der Waals surface area contributed by atoms with E-state index in [0.29, 0.717) is 6.04 Å². The standard InChI is InChI=1S/C16H18N4/c1-11-7-10-20(11)16-18-14-4-2-3-13(14)15(19-16)12-5-8-17-9-6-12/h5-6,8-9,11H,2-4,7,10H2,1H3/t11-/m0/s1. The van der Waals surface area contributed by atoms with E-state index in [1.165, 1.54) is 24.1 Å². The molecule has 4 nitrogen and oxygen atoms in total. The first-order valence-electron chi connectivity index (χ1n) is 7.40. The Balaban J connectivity index is 1.85. The summed E-state index contributed by atoms with van der Waals surface area (Å²) in [6.07, 6.45) is 8.30. The molecule has 102 valence electrons. The Bertz CT molecular complexity index is 638. The first-order chi connectivity index (χ1) is 9.83. The summed E-state index contributed by atoms with van der Waals surface area (Å²) >= 11 is 0. The number of hydrogen-bond donors (Lipinski definition) is 0. The Hall–Kier alpha value is -1.97. The second-order valence-corrected chi connectivity index (χ2v) is 5.72. The smallest absolute Gasteiger partial charge is 0.226 e. The second kappa shape index (κ2) is 4.54. The Morgan fingerprint density at radius 3 is 2.70 bits per heavy atom. The van der Waals surface area contributed by atoms with Crippen molar-refractivity contribution >= 4 is 5.95 Å². The van der Waals surface area contributed by atoms with E-state index in [1.807, 2.05) is 24.5 Å². The molecule has 0 spiro atoms. The molecule has 0 unspecified atom stereocenters. The molecule has 0 saturated carbocycles. The zero-order valence-electron chi connectivity index (χ0n) is 11.7. The fraction of sp³-hybridized carbons (Fsp3) is 0.438. The molecule has 0 amide bonds. The van der Waals surface area contributed by atoms with E-state index >= 15 is 0 Å². The first kappa shape index (κ1) is 11.8.